The second kappa shape index (κ2) is 9.08. The fraction of sp³-hybridized carbons (Fsp3) is 0.154. The van der Waals surface area contributed by atoms with Gasteiger partial charge in [-0.25, -0.2) is 4.68 Å². The van der Waals surface area contributed by atoms with Crippen molar-refractivity contribution in [3.05, 3.63) is 84.6 Å². The summed E-state index contributed by atoms with van der Waals surface area (Å²) in [6.45, 7) is 1.19. The first-order valence-corrected chi connectivity index (χ1v) is 10.7. The normalized spacial score (nSPS) is 12.6. The van der Waals surface area contributed by atoms with Crippen LogP contribution >= 0.6 is 0 Å². The van der Waals surface area contributed by atoms with Gasteiger partial charge in [0.1, 0.15) is 11.4 Å². The highest BCUT2D eigenvalue weighted by Gasteiger charge is 2.20. The highest BCUT2D eigenvalue weighted by molar-refractivity contribution is 6.08. The molecule has 1 aliphatic rings. The Morgan fingerprint density at radius 2 is 1.79 bits per heavy atom. The molecular formula is C26H23N3O4. The van der Waals surface area contributed by atoms with Gasteiger partial charge in [-0.2, -0.15) is 5.10 Å². The SMILES string of the molecule is COc1cccc(-c2nn(-c3ccccc3)cc2C(=O)Nc2ccc3c(c2)OCCCO3)c1. The summed E-state index contributed by atoms with van der Waals surface area (Å²) in [7, 11) is 1.61. The van der Waals surface area contributed by atoms with Crippen molar-refractivity contribution in [2.45, 2.75) is 6.42 Å². The minimum atomic E-state index is -0.274. The molecule has 1 aliphatic heterocycles. The molecule has 0 fully saturated rings. The molecule has 0 radical (unpaired) electrons. The number of benzene rings is 3. The number of carbonyl (C=O) groups is 1. The summed E-state index contributed by atoms with van der Waals surface area (Å²) in [5.74, 6) is 1.72. The Morgan fingerprint density at radius 3 is 2.61 bits per heavy atom. The molecule has 0 saturated carbocycles. The van der Waals surface area contributed by atoms with Gasteiger partial charge in [0.05, 0.1) is 31.6 Å². The number of hydrogen-bond donors (Lipinski definition) is 1. The van der Waals surface area contributed by atoms with Crippen LogP contribution in [0.4, 0.5) is 5.69 Å². The van der Waals surface area contributed by atoms with Gasteiger partial charge in [-0.1, -0.05) is 30.3 Å². The Morgan fingerprint density at radius 1 is 0.970 bits per heavy atom. The standard InChI is InChI=1S/C26H23N3O4/c1-31-21-10-5-7-18(15-21)25-22(17-29(28-25)20-8-3-2-4-9-20)26(30)27-19-11-12-23-24(16-19)33-14-6-13-32-23/h2-5,7-12,15-17H,6,13-14H2,1H3,(H,27,30). The number of aromatic nitrogens is 2. The molecule has 5 rings (SSSR count). The number of nitrogens with zero attached hydrogens (tertiary/aromatic N) is 2. The summed E-state index contributed by atoms with van der Waals surface area (Å²) in [5.41, 5.74) is 3.27. The van der Waals surface area contributed by atoms with Crippen LogP contribution in [0.1, 0.15) is 16.8 Å². The fourth-order valence-corrected chi connectivity index (χ4v) is 3.68. The Hall–Kier alpha value is -4.26. The van der Waals surface area contributed by atoms with Crippen LogP contribution in [0.5, 0.6) is 17.2 Å². The maximum Gasteiger partial charge on any atom is 0.259 e. The average Bonchev–Trinajstić information content (AvgIpc) is 3.18. The summed E-state index contributed by atoms with van der Waals surface area (Å²) in [6, 6.07) is 22.6. The summed E-state index contributed by atoms with van der Waals surface area (Å²) >= 11 is 0. The number of para-hydroxylation sites is 1. The molecule has 0 saturated heterocycles. The first-order valence-electron chi connectivity index (χ1n) is 10.7. The van der Waals surface area contributed by atoms with Crippen LogP contribution in [0.3, 0.4) is 0 Å². The first-order chi connectivity index (χ1) is 16.2. The van der Waals surface area contributed by atoms with Crippen LogP contribution in [-0.4, -0.2) is 36.0 Å². The quantitative estimate of drug-likeness (QED) is 0.474. The Labute approximate surface area is 191 Å². The molecular weight excluding hydrogens is 418 g/mol. The van der Waals surface area contributed by atoms with Crippen molar-refractivity contribution in [3.8, 4) is 34.2 Å². The van der Waals surface area contributed by atoms with Crippen LogP contribution in [0.2, 0.25) is 0 Å². The third-order valence-corrected chi connectivity index (χ3v) is 5.33. The topological polar surface area (TPSA) is 74.6 Å². The van der Waals surface area contributed by atoms with Gasteiger partial charge in [0.25, 0.3) is 5.91 Å². The number of carbonyl (C=O) groups excluding carboxylic acids is 1. The van der Waals surface area contributed by atoms with Gasteiger partial charge < -0.3 is 19.5 Å². The van der Waals surface area contributed by atoms with Gasteiger partial charge in [-0.15, -0.1) is 0 Å². The fourth-order valence-electron chi connectivity index (χ4n) is 3.68. The zero-order valence-corrected chi connectivity index (χ0v) is 18.2. The summed E-state index contributed by atoms with van der Waals surface area (Å²) < 4.78 is 18.5. The zero-order chi connectivity index (χ0) is 22.6. The lowest BCUT2D eigenvalue weighted by Gasteiger charge is -2.10. The molecule has 0 spiro atoms. The number of anilines is 1. The second-order valence-corrected chi connectivity index (χ2v) is 7.57. The van der Waals surface area contributed by atoms with Gasteiger partial charge in [-0.3, -0.25) is 4.79 Å². The second-order valence-electron chi connectivity index (χ2n) is 7.57. The van der Waals surface area contributed by atoms with Gasteiger partial charge >= 0.3 is 0 Å². The maximum atomic E-state index is 13.4. The van der Waals surface area contributed by atoms with E-state index in [0.717, 1.165) is 17.7 Å². The van der Waals surface area contributed by atoms with E-state index < -0.39 is 0 Å². The van der Waals surface area contributed by atoms with Gasteiger partial charge in [0.15, 0.2) is 11.5 Å². The number of hydrogen-bond acceptors (Lipinski definition) is 5. The first kappa shape index (κ1) is 20.6. The molecule has 0 unspecified atom stereocenters. The molecule has 0 bridgehead atoms. The molecule has 1 aromatic heterocycles. The van der Waals surface area contributed by atoms with Gasteiger partial charge in [-0.05, 0) is 36.4 Å². The third kappa shape index (κ3) is 4.39. The van der Waals surface area contributed by atoms with E-state index >= 15 is 0 Å². The Balaban J connectivity index is 1.51. The zero-order valence-electron chi connectivity index (χ0n) is 18.2. The van der Waals surface area contributed by atoms with E-state index in [0.29, 0.717) is 47.4 Å². The lowest BCUT2D eigenvalue weighted by molar-refractivity contribution is 0.102. The van der Waals surface area contributed by atoms with E-state index in [-0.39, 0.29) is 5.91 Å². The van der Waals surface area contributed by atoms with Crippen molar-refractivity contribution in [2.24, 2.45) is 0 Å². The largest absolute Gasteiger partial charge is 0.497 e. The van der Waals surface area contributed by atoms with Gasteiger partial charge in [0, 0.05) is 29.9 Å². The van der Waals surface area contributed by atoms with Crippen molar-refractivity contribution in [1.29, 1.82) is 0 Å². The predicted molar refractivity (Wildman–Crippen MR) is 126 cm³/mol. The predicted octanol–water partition coefficient (Wildman–Crippen LogP) is 4.96. The molecule has 1 amide bonds. The lowest BCUT2D eigenvalue weighted by Crippen LogP contribution is -2.12. The highest BCUT2D eigenvalue weighted by atomic mass is 16.5. The van der Waals surface area contributed by atoms with E-state index in [9.17, 15) is 4.79 Å². The third-order valence-electron chi connectivity index (χ3n) is 5.33. The number of fused-ring (bicyclic) bond motifs is 1. The minimum Gasteiger partial charge on any atom is -0.497 e. The monoisotopic (exact) mass is 441 g/mol. The minimum absolute atomic E-state index is 0.274. The lowest BCUT2D eigenvalue weighted by atomic mass is 10.1. The number of rotatable bonds is 5. The highest BCUT2D eigenvalue weighted by Crippen LogP contribution is 2.33. The van der Waals surface area contributed by atoms with Crippen molar-refractivity contribution < 1.29 is 19.0 Å². The molecule has 7 heteroatoms. The van der Waals surface area contributed by atoms with E-state index in [1.54, 1.807) is 30.1 Å². The van der Waals surface area contributed by atoms with Crippen LogP contribution in [-0.2, 0) is 0 Å². The molecule has 0 atom stereocenters. The number of amides is 1. The maximum absolute atomic E-state index is 13.4. The molecule has 166 valence electrons. The van der Waals surface area contributed by atoms with Crippen molar-refractivity contribution in [2.75, 3.05) is 25.6 Å². The molecule has 0 aliphatic carbocycles. The van der Waals surface area contributed by atoms with Gasteiger partial charge in [0.2, 0.25) is 0 Å². The van der Waals surface area contributed by atoms with E-state index in [1.165, 1.54) is 0 Å². The van der Waals surface area contributed by atoms with Crippen LogP contribution in [0.15, 0.2) is 79.0 Å². The van der Waals surface area contributed by atoms with Crippen molar-refractivity contribution in [3.63, 3.8) is 0 Å². The van der Waals surface area contributed by atoms with E-state index in [2.05, 4.69) is 5.32 Å². The summed E-state index contributed by atoms with van der Waals surface area (Å²) in [5, 5.41) is 7.70. The van der Waals surface area contributed by atoms with E-state index in [1.807, 2.05) is 60.7 Å². The van der Waals surface area contributed by atoms with E-state index in [4.69, 9.17) is 19.3 Å². The smallest absolute Gasteiger partial charge is 0.259 e. The van der Waals surface area contributed by atoms with Crippen LogP contribution in [0.25, 0.3) is 16.9 Å². The molecule has 2 heterocycles. The number of methoxy groups -OCH3 is 1. The molecule has 7 nitrogen and oxygen atoms in total. The average molecular weight is 441 g/mol. The molecule has 1 N–H and O–H groups in total. The molecule has 4 aromatic rings. The number of ether oxygens (including phenoxy) is 3. The van der Waals surface area contributed by atoms with Crippen LogP contribution < -0.4 is 19.5 Å². The summed E-state index contributed by atoms with van der Waals surface area (Å²) in [6.07, 6.45) is 2.56. The molecule has 33 heavy (non-hydrogen) atoms. The van der Waals surface area contributed by atoms with Crippen molar-refractivity contribution in [1.82, 2.24) is 9.78 Å². The van der Waals surface area contributed by atoms with Crippen LogP contribution in [0, 0.1) is 0 Å². The molecule has 3 aromatic carbocycles. The Kier molecular flexibility index (Phi) is 5.68. The Bertz CT molecular complexity index is 1280. The summed E-state index contributed by atoms with van der Waals surface area (Å²) in [4.78, 5) is 13.4. The number of nitrogens with one attached hydrogen (secondary N) is 1. The van der Waals surface area contributed by atoms with Crippen molar-refractivity contribution >= 4 is 11.6 Å².